The predicted molar refractivity (Wildman–Crippen MR) is 178 cm³/mol. The Hall–Kier alpha value is -4.99. The van der Waals surface area contributed by atoms with E-state index in [4.69, 9.17) is 4.74 Å². The Morgan fingerprint density at radius 1 is 1.00 bits per heavy atom. The fourth-order valence-corrected chi connectivity index (χ4v) is 7.00. The SMILES string of the molecule is Cc1cc2c(N3CCCc4cc(-c5cnn(C6CCN(C(=O)OCc7ccccc7)CC6)c5)c(C(F)F)cc43)cccc2n(C)c1=O. The van der Waals surface area contributed by atoms with E-state index in [0.717, 1.165) is 46.2 Å². The lowest BCUT2D eigenvalue weighted by atomic mass is 9.92. The zero-order valence-corrected chi connectivity index (χ0v) is 26.5. The van der Waals surface area contributed by atoms with Crippen molar-refractivity contribution in [2.75, 3.05) is 24.5 Å². The van der Waals surface area contributed by atoms with Crippen LogP contribution in [0.3, 0.4) is 0 Å². The Labute approximate surface area is 271 Å². The van der Waals surface area contributed by atoms with Crippen LogP contribution in [0.25, 0.3) is 22.0 Å². The van der Waals surface area contributed by atoms with Gasteiger partial charge in [0.1, 0.15) is 6.61 Å². The highest BCUT2D eigenvalue weighted by molar-refractivity contribution is 5.95. The first-order valence-electron chi connectivity index (χ1n) is 16.1. The molecule has 0 atom stereocenters. The van der Waals surface area contributed by atoms with Gasteiger partial charge < -0.3 is 19.1 Å². The molecule has 0 bridgehead atoms. The van der Waals surface area contributed by atoms with Gasteiger partial charge in [-0.2, -0.15) is 5.10 Å². The average molecular weight is 638 g/mol. The quantitative estimate of drug-likeness (QED) is 0.191. The first-order valence-corrected chi connectivity index (χ1v) is 16.1. The van der Waals surface area contributed by atoms with Crippen LogP contribution in [-0.2, 0) is 24.8 Å². The normalized spacial score (nSPS) is 15.3. The molecule has 10 heteroatoms. The number of piperidine rings is 1. The molecule has 0 spiro atoms. The highest BCUT2D eigenvalue weighted by atomic mass is 19.3. The molecule has 1 fully saturated rings. The van der Waals surface area contributed by atoms with Crippen LogP contribution < -0.4 is 10.5 Å². The van der Waals surface area contributed by atoms with Gasteiger partial charge in [0.05, 0.1) is 23.4 Å². The minimum atomic E-state index is -2.68. The number of ether oxygens (including phenoxy) is 1. The van der Waals surface area contributed by atoms with E-state index in [0.29, 0.717) is 49.2 Å². The lowest BCUT2D eigenvalue weighted by Gasteiger charge is -2.33. The van der Waals surface area contributed by atoms with Crippen molar-refractivity contribution in [2.45, 2.75) is 51.7 Å². The van der Waals surface area contributed by atoms with Crippen molar-refractivity contribution in [3.05, 3.63) is 112 Å². The maximum Gasteiger partial charge on any atom is 0.410 e. The van der Waals surface area contributed by atoms with Crippen molar-refractivity contribution >= 4 is 28.4 Å². The van der Waals surface area contributed by atoms with Crippen molar-refractivity contribution < 1.29 is 18.3 Å². The number of nitrogens with zero attached hydrogens (tertiary/aromatic N) is 5. The third kappa shape index (κ3) is 5.88. The molecule has 2 aromatic heterocycles. The largest absolute Gasteiger partial charge is 0.445 e. The number of anilines is 2. The number of alkyl halides is 2. The second kappa shape index (κ2) is 12.7. The summed E-state index contributed by atoms with van der Waals surface area (Å²) in [5.74, 6) is 0. The monoisotopic (exact) mass is 637 g/mol. The molecule has 1 saturated heterocycles. The van der Waals surface area contributed by atoms with Crippen molar-refractivity contribution in [3.8, 4) is 11.1 Å². The number of aryl methyl sites for hydroxylation is 3. The Morgan fingerprint density at radius 3 is 2.55 bits per heavy atom. The summed E-state index contributed by atoms with van der Waals surface area (Å²) in [4.78, 5) is 29.1. The molecule has 0 aliphatic carbocycles. The number of fused-ring (bicyclic) bond motifs is 2. The first-order chi connectivity index (χ1) is 22.8. The van der Waals surface area contributed by atoms with Crippen molar-refractivity contribution in [1.82, 2.24) is 19.2 Å². The number of halogens is 2. The number of amides is 1. The predicted octanol–water partition coefficient (Wildman–Crippen LogP) is 7.71. The summed E-state index contributed by atoms with van der Waals surface area (Å²) < 4.78 is 38.5. The van der Waals surface area contributed by atoms with Gasteiger partial charge in [0, 0.05) is 60.6 Å². The zero-order valence-electron chi connectivity index (χ0n) is 26.5. The van der Waals surface area contributed by atoms with Gasteiger partial charge in [0.15, 0.2) is 0 Å². The zero-order chi connectivity index (χ0) is 32.7. The molecular formula is C37H37F2N5O3. The Bertz CT molecular complexity index is 2000. The Balaban J connectivity index is 1.12. The number of rotatable bonds is 6. The molecule has 5 aromatic rings. The third-order valence-corrected chi connectivity index (χ3v) is 9.53. The third-order valence-electron chi connectivity index (χ3n) is 9.53. The van der Waals surface area contributed by atoms with Crippen LogP contribution in [0.2, 0.25) is 0 Å². The topological polar surface area (TPSA) is 72.6 Å². The molecule has 2 aliphatic heterocycles. The fraction of sp³-hybridized carbons (Fsp3) is 0.324. The van der Waals surface area contributed by atoms with E-state index >= 15 is 0 Å². The van der Waals surface area contributed by atoms with Crippen molar-refractivity contribution in [3.63, 3.8) is 0 Å². The Morgan fingerprint density at radius 2 is 1.79 bits per heavy atom. The smallest absolute Gasteiger partial charge is 0.410 e. The minimum absolute atomic E-state index is 0.0324. The molecule has 1 amide bonds. The van der Waals surface area contributed by atoms with Crippen LogP contribution in [0.15, 0.2) is 83.9 Å². The average Bonchev–Trinajstić information content (AvgIpc) is 3.59. The number of pyridine rings is 1. The lowest BCUT2D eigenvalue weighted by molar-refractivity contribution is 0.0821. The van der Waals surface area contributed by atoms with Crippen LogP contribution in [0.4, 0.5) is 25.0 Å². The van der Waals surface area contributed by atoms with E-state index < -0.39 is 6.43 Å². The van der Waals surface area contributed by atoms with Crippen LogP contribution in [0.1, 0.15) is 54.0 Å². The van der Waals surface area contributed by atoms with Crippen LogP contribution in [0, 0.1) is 6.92 Å². The van der Waals surface area contributed by atoms with Gasteiger partial charge in [-0.1, -0.05) is 36.4 Å². The van der Waals surface area contributed by atoms with Crippen molar-refractivity contribution in [1.29, 1.82) is 0 Å². The number of aromatic nitrogens is 3. The standard InChI is InChI=1S/C37H37F2N5O3/c1-24-18-31-32(41(2)36(24)45)11-6-12-33(31)43-15-7-10-26-19-29(30(35(38)39)20-34(26)43)27-21-40-44(22-27)28-13-16-42(17-14-28)37(46)47-23-25-8-4-3-5-9-25/h3-6,8-9,11-12,18-22,28,35H,7,10,13-17,23H2,1-2H3. The van der Waals surface area contributed by atoms with E-state index in [1.807, 2.05) is 71.5 Å². The highest BCUT2D eigenvalue weighted by Gasteiger charge is 2.28. The maximum atomic E-state index is 14.7. The number of hydrogen-bond acceptors (Lipinski definition) is 5. The minimum Gasteiger partial charge on any atom is -0.445 e. The van der Waals surface area contributed by atoms with Crippen LogP contribution in [-0.4, -0.2) is 45.0 Å². The molecule has 4 heterocycles. The van der Waals surface area contributed by atoms with Gasteiger partial charge in [0.25, 0.3) is 12.0 Å². The Kier molecular flexibility index (Phi) is 8.26. The van der Waals surface area contributed by atoms with Gasteiger partial charge in [-0.25, -0.2) is 13.6 Å². The summed E-state index contributed by atoms with van der Waals surface area (Å²) in [7, 11) is 1.76. The molecule has 47 heavy (non-hydrogen) atoms. The number of benzene rings is 3. The molecule has 0 saturated carbocycles. The maximum absolute atomic E-state index is 14.7. The van der Waals surface area contributed by atoms with Crippen molar-refractivity contribution in [2.24, 2.45) is 7.05 Å². The summed E-state index contributed by atoms with van der Waals surface area (Å²) in [6.45, 7) is 3.79. The molecule has 0 N–H and O–H groups in total. The molecule has 3 aromatic carbocycles. The van der Waals surface area contributed by atoms with Gasteiger partial charge in [-0.3, -0.25) is 9.48 Å². The molecule has 8 nitrogen and oxygen atoms in total. The second-order valence-corrected chi connectivity index (χ2v) is 12.5. The summed E-state index contributed by atoms with van der Waals surface area (Å²) in [5, 5.41) is 5.51. The van der Waals surface area contributed by atoms with E-state index in [1.54, 1.807) is 35.7 Å². The van der Waals surface area contributed by atoms with Gasteiger partial charge in [-0.05, 0) is 79.6 Å². The summed E-state index contributed by atoms with van der Waals surface area (Å²) in [5.41, 5.74) is 6.12. The summed E-state index contributed by atoms with van der Waals surface area (Å²) in [6, 6.07) is 20.9. The van der Waals surface area contributed by atoms with Gasteiger partial charge in [0.2, 0.25) is 0 Å². The lowest BCUT2D eigenvalue weighted by Crippen LogP contribution is -2.39. The van der Waals surface area contributed by atoms with Gasteiger partial charge in [-0.15, -0.1) is 0 Å². The first kappa shape index (κ1) is 30.7. The summed E-state index contributed by atoms with van der Waals surface area (Å²) in [6.07, 6.45) is 3.55. The molecular weight excluding hydrogens is 600 g/mol. The van der Waals surface area contributed by atoms with E-state index in [-0.39, 0.29) is 29.9 Å². The number of carbonyl (C=O) groups is 1. The van der Waals surface area contributed by atoms with E-state index in [2.05, 4.69) is 10.00 Å². The van der Waals surface area contributed by atoms with E-state index in [9.17, 15) is 18.4 Å². The molecule has 7 rings (SSSR count). The molecule has 242 valence electrons. The van der Waals surface area contributed by atoms with Crippen LogP contribution >= 0.6 is 0 Å². The van der Waals surface area contributed by atoms with E-state index in [1.165, 1.54) is 0 Å². The van der Waals surface area contributed by atoms with Crippen LogP contribution in [0.5, 0.6) is 0 Å². The number of likely N-dealkylation sites (tertiary alicyclic amines) is 1. The molecule has 2 aliphatic rings. The number of hydrogen-bond donors (Lipinski definition) is 0. The second-order valence-electron chi connectivity index (χ2n) is 12.5. The van der Waals surface area contributed by atoms with Gasteiger partial charge >= 0.3 is 6.09 Å². The highest BCUT2D eigenvalue weighted by Crippen LogP contribution is 2.43. The summed E-state index contributed by atoms with van der Waals surface area (Å²) >= 11 is 0. The number of carbonyl (C=O) groups excluding carboxylic acids is 1. The molecule has 0 unspecified atom stereocenters. The fourth-order valence-electron chi connectivity index (χ4n) is 7.00. The molecule has 0 radical (unpaired) electrons.